The third kappa shape index (κ3) is 5.03. The van der Waals surface area contributed by atoms with Crippen molar-refractivity contribution in [3.8, 4) is 0 Å². The lowest BCUT2D eigenvalue weighted by Crippen LogP contribution is -2.38. The topological polar surface area (TPSA) is 52.6 Å². The first-order valence-electron chi connectivity index (χ1n) is 7.26. The van der Waals surface area contributed by atoms with Gasteiger partial charge in [0.15, 0.2) is 0 Å². The minimum atomic E-state index is -0.842. The summed E-state index contributed by atoms with van der Waals surface area (Å²) >= 11 is 0. The third-order valence-corrected chi connectivity index (χ3v) is 3.34. The number of hydrogen-bond donors (Lipinski definition) is 2. The predicted molar refractivity (Wildman–Crippen MR) is 84.2 cm³/mol. The quantitative estimate of drug-likeness (QED) is 0.859. The van der Waals surface area contributed by atoms with Gasteiger partial charge < -0.3 is 15.3 Å². The highest BCUT2D eigenvalue weighted by Gasteiger charge is 2.15. The van der Waals surface area contributed by atoms with Crippen LogP contribution in [0, 0.1) is 11.6 Å². The van der Waals surface area contributed by atoms with Gasteiger partial charge in [0.1, 0.15) is 11.6 Å². The van der Waals surface area contributed by atoms with Gasteiger partial charge in [-0.1, -0.05) is 30.3 Å². The van der Waals surface area contributed by atoms with Gasteiger partial charge in [0, 0.05) is 19.2 Å². The molecule has 0 aliphatic rings. The van der Waals surface area contributed by atoms with Crippen molar-refractivity contribution in [3.63, 3.8) is 0 Å². The zero-order valence-corrected chi connectivity index (χ0v) is 12.5. The number of rotatable bonds is 6. The van der Waals surface area contributed by atoms with E-state index in [0.717, 1.165) is 17.7 Å². The third-order valence-electron chi connectivity index (χ3n) is 3.34. The van der Waals surface area contributed by atoms with Gasteiger partial charge in [-0.15, -0.1) is 0 Å². The van der Waals surface area contributed by atoms with Gasteiger partial charge in [-0.3, -0.25) is 0 Å². The summed E-state index contributed by atoms with van der Waals surface area (Å²) in [6, 6.07) is 12.0. The molecule has 0 aliphatic heterocycles. The van der Waals surface area contributed by atoms with Crippen molar-refractivity contribution in [2.75, 3.05) is 25.0 Å². The fourth-order valence-corrected chi connectivity index (χ4v) is 2.13. The number of aliphatic hydroxyl groups is 1. The Kier molecular flexibility index (Phi) is 6.05. The second-order valence-electron chi connectivity index (χ2n) is 5.00. The number of carbonyl (C=O) groups is 1. The van der Waals surface area contributed by atoms with Gasteiger partial charge in [0.05, 0.1) is 12.3 Å². The summed E-state index contributed by atoms with van der Waals surface area (Å²) in [6.07, 6.45) is 0.611. The van der Waals surface area contributed by atoms with E-state index >= 15 is 0 Å². The highest BCUT2D eigenvalue weighted by Crippen LogP contribution is 2.15. The molecule has 0 spiro atoms. The smallest absolute Gasteiger partial charge is 0.322 e. The number of nitrogens with one attached hydrogen (secondary N) is 1. The molecule has 0 saturated heterocycles. The molecule has 0 bridgehead atoms. The van der Waals surface area contributed by atoms with Crippen LogP contribution in [0.1, 0.15) is 5.56 Å². The average molecular weight is 320 g/mol. The zero-order chi connectivity index (χ0) is 16.7. The Morgan fingerprint density at radius 2 is 1.83 bits per heavy atom. The van der Waals surface area contributed by atoms with E-state index in [9.17, 15) is 13.6 Å². The summed E-state index contributed by atoms with van der Waals surface area (Å²) < 4.78 is 26.5. The van der Waals surface area contributed by atoms with Crippen molar-refractivity contribution in [3.05, 3.63) is 65.7 Å². The summed E-state index contributed by atoms with van der Waals surface area (Å²) in [7, 11) is 0. The Balaban J connectivity index is 2.00. The van der Waals surface area contributed by atoms with Crippen LogP contribution in [-0.4, -0.2) is 35.7 Å². The number of nitrogens with zero attached hydrogens (tertiary/aromatic N) is 1. The number of amides is 2. The van der Waals surface area contributed by atoms with E-state index in [0.29, 0.717) is 19.0 Å². The van der Waals surface area contributed by atoms with Crippen LogP contribution in [0.4, 0.5) is 19.3 Å². The number of hydrogen-bond acceptors (Lipinski definition) is 2. The van der Waals surface area contributed by atoms with Crippen LogP contribution < -0.4 is 5.32 Å². The van der Waals surface area contributed by atoms with Gasteiger partial charge in [-0.2, -0.15) is 0 Å². The van der Waals surface area contributed by atoms with E-state index in [2.05, 4.69) is 5.32 Å². The minimum Gasteiger partial charge on any atom is -0.395 e. The van der Waals surface area contributed by atoms with Crippen LogP contribution in [0.15, 0.2) is 48.5 Å². The van der Waals surface area contributed by atoms with Crippen molar-refractivity contribution < 1.29 is 18.7 Å². The van der Waals surface area contributed by atoms with E-state index in [1.54, 1.807) is 0 Å². The number of carbonyl (C=O) groups excluding carboxylic acids is 1. The lowest BCUT2D eigenvalue weighted by molar-refractivity contribution is 0.189. The Morgan fingerprint density at radius 1 is 1.09 bits per heavy atom. The molecule has 0 unspecified atom stereocenters. The zero-order valence-electron chi connectivity index (χ0n) is 12.5. The number of aliphatic hydroxyl groups excluding tert-OH is 1. The highest BCUT2D eigenvalue weighted by atomic mass is 19.1. The van der Waals surface area contributed by atoms with Crippen molar-refractivity contribution in [2.45, 2.75) is 6.42 Å². The molecule has 2 aromatic carbocycles. The van der Waals surface area contributed by atoms with Gasteiger partial charge >= 0.3 is 6.03 Å². The molecule has 4 nitrogen and oxygen atoms in total. The second-order valence-corrected chi connectivity index (χ2v) is 5.00. The van der Waals surface area contributed by atoms with E-state index in [-0.39, 0.29) is 18.8 Å². The maximum atomic E-state index is 13.6. The average Bonchev–Trinajstić information content (AvgIpc) is 2.55. The molecule has 0 saturated carbocycles. The molecule has 0 fully saturated rings. The van der Waals surface area contributed by atoms with Gasteiger partial charge in [-0.25, -0.2) is 13.6 Å². The van der Waals surface area contributed by atoms with Crippen molar-refractivity contribution in [2.24, 2.45) is 0 Å². The molecule has 2 rings (SSSR count). The molecule has 6 heteroatoms. The number of halogens is 2. The standard InChI is InChI=1S/C17H18F2N2O2/c18-14-6-7-16(15(19)12-14)20-17(23)21(10-11-22)9-8-13-4-2-1-3-5-13/h1-7,12,22H,8-11H2,(H,20,23). The van der Waals surface area contributed by atoms with Crippen LogP contribution in [0.2, 0.25) is 0 Å². The van der Waals surface area contributed by atoms with Crippen LogP contribution in [-0.2, 0) is 6.42 Å². The summed E-state index contributed by atoms with van der Waals surface area (Å²) in [5.41, 5.74) is 0.954. The molecule has 2 amide bonds. The first kappa shape index (κ1) is 16.9. The lowest BCUT2D eigenvalue weighted by Gasteiger charge is -2.22. The summed E-state index contributed by atoms with van der Waals surface area (Å²) in [4.78, 5) is 13.6. The molecular formula is C17H18F2N2O2. The van der Waals surface area contributed by atoms with Crippen LogP contribution in [0.25, 0.3) is 0 Å². The van der Waals surface area contributed by atoms with Crippen molar-refractivity contribution >= 4 is 11.7 Å². The van der Waals surface area contributed by atoms with Gasteiger partial charge in [-0.05, 0) is 24.1 Å². The monoisotopic (exact) mass is 320 g/mol. The molecular weight excluding hydrogens is 302 g/mol. The molecule has 0 radical (unpaired) electrons. The fraction of sp³-hybridized carbons (Fsp3) is 0.235. The van der Waals surface area contributed by atoms with E-state index in [4.69, 9.17) is 5.11 Å². The Morgan fingerprint density at radius 3 is 2.48 bits per heavy atom. The molecule has 122 valence electrons. The summed E-state index contributed by atoms with van der Waals surface area (Å²) in [5.74, 6) is -1.55. The summed E-state index contributed by atoms with van der Waals surface area (Å²) in [6.45, 7) is 0.300. The van der Waals surface area contributed by atoms with E-state index < -0.39 is 17.7 Å². The largest absolute Gasteiger partial charge is 0.395 e. The first-order chi connectivity index (χ1) is 11.1. The molecule has 0 atom stereocenters. The van der Waals surface area contributed by atoms with Gasteiger partial charge in [0.25, 0.3) is 0 Å². The Bertz CT molecular complexity index is 650. The van der Waals surface area contributed by atoms with Crippen molar-refractivity contribution in [1.29, 1.82) is 0 Å². The Hall–Kier alpha value is -2.47. The highest BCUT2D eigenvalue weighted by molar-refractivity contribution is 5.89. The Labute approximate surface area is 133 Å². The second kappa shape index (κ2) is 8.24. The number of benzene rings is 2. The molecule has 0 heterocycles. The van der Waals surface area contributed by atoms with Crippen LogP contribution >= 0.6 is 0 Å². The molecule has 0 aliphatic carbocycles. The predicted octanol–water partition coefficient (Wildman–Crippen LogP) is 3.03. The van der Waals surface area contributed by atoms with E-state index in [1.807, 2.05) is 30.3 Å². The minimum absolute atomic E-state index is 0.0981. The van der Waals surface area contributed by atoms with Crippen molar-refractivity contribution in [1.82, 2.24) is 4.90 Å². The van der Waals surface area contributed by atoms with E-state index in [1.165, 1.54) is 4.90 Å². The molecule has 23 heavy (non-hydrogen) atoms. The normalized spacial score (nSPS) is 10.4. The first-order valence-corrected chi connectivity index (χ1v) is 7.26. The lowest BCUT2D eigenvalue weighted by atomic mass is 10.1. The molecule has 2 aromatic rings. The number of urea groups is 1. The van der Waals surface area contributed by atoms with Crippen LogP contribution in [0.3, 0.4) is 0 Å². The summed E-state index contributed by atoms with van der Waals surface area (Å²) in [5, 5.41) is 11.5. The van der Waals surface area contributed by atoms with Crippen LogP contribution in [0.5, 0.6) is 0 Å². The van der Waals surface area contributed by atoms with Gasteiger partial charge in [0.2, 0.25) is 0 Å². The fourth-order valence-electron chi connectivity index (χ4n) is 2.13. The maximum Gasteiger partial charge on any atom is 0.322 e. The number of anilines is 1. The SMILES string of the molecule is O=C(Nc1ccc(F)cc1F)N(CCO)CCc1ccccc1. The maximum absolute atomic E-state index is 13.6. The molecule has 2 N–H and O–H groups in total. The molecule has 0 aromatic heterocycles.